The summed E-state index contributed by atoms with van der Waals surface area (Å²) in [5, 5.41) is 1.64. The molecule has 3 aromatic carbocycles. The SMILES string of the molecule is O=S(=O)(NCc1ccc(Br)cc1)c1cccc2ccccc12. The second-order valence-electron chi connectivity index (χ2n) is 4.93. The lowest BCUT2D eigenvalue weighted by Crippen LogP contribution is -2.23. The van der Waals surface area contributed by atoms with Crippen molar-refractivity contribution in [3.05, 3.63) is 76.8 Å². The molecule has 5 heteroatoms. The molecule has 0 aromatic heterocycles. The molecular weight excluding hydrogens is 362 g/mol. The van der Waals surface area contributed by atoms with Crippen molar-refractivity contribution in [2.24, 2.45) is 0 Å². The molecule has 0 bridgehead atoms. The van der Waals surface area contributed by atoms with Gasteiger partial charge in [-0.1, -0.05) is 64.5 Å². The lowest BCUT2D eigenvalue weighted by Gasteiger charge is -2.09. The second-order valence-corrected chi connectivity index (χ2v) is 7.58. The van der Waals surface area contributed by atoms with Crippen molar-refractivity contribution >= 4 is 36.7 Å². The van der Waals surface area contributed by atoms with Gasteiger partial charge in [-0.2, -0.15) is 0 Å². The molecule has 0 fully saturated rings. The van der Waals surface area contributed by atoms with Crippen molar-refractivity contribution in [3.63, 3.8) is 0 Å². The van der Waals surface area contributed by atoms with E-state index in [1.165, 1.54) is 0 Å². The maximum atomic E-state index is 12.6. The normalized spacial score (nSPS) is 11.7. The number of hydrogen-bond donors (Lipinski definition) is 1. The Morgan fingerprint density at radius 2 is 1.55 bits per heavy atom. The summed E-state index contributed by atoms with van der Waals surface area (Å²) in [7, 11) is -3.56. The van der Waals surface area contributed by atoms with Crippen molar-refractivity contribution in [1.29, 1.82) is 0 Å². The summed E-state index contributed by atoms with van der Waals surface area (Å²) in [6.45, 7) is 0.263. The number of hydrogen-bond acceptors (Lipinski definition) is 2. The van der Waals surface area contributed by atoms with Gasteiger partial charge in [-0.3, -0.25) is 0 Å². The Hall–Kier alpha value is -1.69. The van der Waals surface area contributed by atoms with Crippen LogP contribution in [0.1, 0.15) is 5.56 Å². The predicted molar refractivity (Wildman–Crippen MR) is 92.1 cm³/mol. The number of nitrogens with one attached hydrogen (secondary N) is 1. The van der Waals surface area contributed by atoms with Crippen LogP contribution in [0.4, 0.5) is 0 Å². The van der Waals surface area contributed by atoms with Crippen molar-refractivity contribution in [2.75, 3.05) is 0 Å². The topological polar surface area (TPSA) is 46.2 Å². The lowest BCUT2D eigenvalue weighted by molar-refractivity contribution is 0.582. The Kier molecular flexibility index (Phi) is 4.29. The van der Waals surface area contributed by atoms with Crippen LogP contribution in [0.15, 0.2) is 76.1 Å². The van der Waals surface area contributed by atoms with Crippen LogP contribution in [0.3, 0.4) is 0 Å². The highest BCUT2D eigenvalue weighted by molar-refractivity contribution is 9.10. The predicted octanol–water partition coefficient (Wildman–Crippen LogP) is 4.08. The van der Waals surface area contributed by atoms with Crippen LogP contribution in [-0.2, 0) is 16.6 Å². The fourth-order valence-corrected chi connectivity index (χ4v) is 3.80. The largest absolute Gasteiger partial charge is 0.241 e. The van der Waals surface area contributed by atoms with Crippen LogP contribution >= 0.6 is 15.9 Å². The van der Waals surface area contributed by atoms with E-state index in [1.54, 1.807) is 12.1 Å². The molecule has 0 radical (unpaired) electrons. The Morgan fingerprint density at radius 1 is 0.864 bits per heavy atom. The molecule has 0 amide bonds. The van der Waals surface area contributed by atoms with E-state index >= 15 is 0 Å². The van der Waals surface area contributed by atoms with E-state index < -0.39 is 10.0 Å². The van der Waals surface area contributed by atoms with Crippen molar-refractivity contribution < 1.29 is 8.42 Å². The Labute approximate surface area is 138 Å². The zero-order valence-electron chi connectivity index (χ0n) is 11.7. The Bertz CT molecular complexity index is 900. The number of benzene rings is 3. The quantitative estimate of drug-likeness (QED) is 0.746. The van der Waals surface area contributed by atoms with Crippen molar-refractivity contribution in [1.82, 2.24) is 4.72 Å². The zero-order chi connectivity index (χ0) is 15.6. The van der Waals surface area contributed by atoms with Crippen LogP contribution in [0.5, 0.6) is 0 Å². The standard InChI is InChI=1S/C17H14BrNO2S/c18-15-10-8-13(9-11-15)12-19-22(20,21)17-7-3-5-14-4-1-2-6-16(14)17/h1-11,19H,12H2. The smallest absolute Gasteiger partial charge is 0.207 e. The van der Waals surface area contributed by atoms with Gasteiger partial charge in [0.05, 0.1) is 4.90 Å². The maximum Gasteiger partial charge on any atom is 0.241 e. The van der Waals surface area contributed by atoms with Gasteiger partial charge in [0.25, 0.3) is 0 Å². The van der Waals surface area contributed by atoms with E-state index in [-0.39, 0.29) is 6.54 Å². The Morgan fingerprint density at radius 3 is 2.32 bits per heavy atom. The molecule has 3 aromatic rings. The third-order valence-electron chi connectivity index (χ3n) is 3.42. The molecule has 0 aliphatic heterocycles. The molecule has 0 saturated carbocycles. The molecule has 3 rings (SSSR count). The summed E-state index contributed by atoms with van der Waals surface area (Å²) in [6.07, 6.45) is 0. The van der Waals surface area contributed by atoms with E-state index in [1.807, 2.05) is 54.6 Å². The molecule has 0 atom stereocenters. The molecule has 22 heavy (non-hydrogen) atoms. The first-order valence-electron chi connectivity index (χ1n) is 6.78. The zero-order valence-corrected chi connectivity index (χ0v) is 14.1. The summed E-state index contributed by atoms with van der Waals surface area (Å²) in [4.78, 5) is 0.308. The van der Waals surface area contributed by atoms with Gasteiger partial charge in [-0.15, -0.1) is 0 Å². The van der Waals surface area contributed by atoms with Crippen LogP contribution in [-0.4, -0.2) is 8.42 Å². The molecular formula is C17H14BrNO2S. The number of halogens is 1. The monoisotopic (exact) mass is 375 g/mol. The van der Waals surface area contributed by atoms with E-state index in [9.17, 15) is 8.42 Å². The average molecular weight is 376 g/mol. The first kappa shape index (κ1) is 15.2. The van der Waals surface area contributed by atoms with Crippen LogP contribution < -0.4 is 4.72 Å². The molecule has 1 N–H and O–H groups in total. The third kappa shape index (κ3) is 3.21. The number of fused-ring (bicyclic) bond motifs is 1. The van der Waals surface area contributed by atoms with E-state index in [0.717, 1.165) is 20.8 Å². The number of sulfonamides is 1. The lowest BCUT2D eigenvalue weighted by atomic mass is 10.1. The Balaban J connectivity index is 1.90. The fraction of sp³-hybridized carbons (Fsp3) is 0.0588. The summed E-state index contributed by atoms with van der Waals surface area (Å²) >= 11 is 3.36. The fourth-order valence-electron chi connectivity index (χ4n) is 2.29. The molecule has 0 unspecified atom stereocenters. The van der Waals surface area contributed by atoms with E-state index in [2.05, 4.69) is 20.7 Å². The van der Waals surface area contributed by atoms with Crippen LogP contribution in [0.25, 0.3) is 10.8 Å². The van der Waals surface area contributed by atoms with Crippen LogP contribution in [0.2, 0.25) is 0 Å². The van der Waals surface area contributed by atoms with E-state index in [0.29, 0.717) is 4.90 Å². The van der Waals surface area contributed by atoms with Gasteiger partial charge in [0.1, 0.15) is 0 Å². The van der Waals surface area contributed by atoms with Gasteiger partial charge in [-0.25, -0.2) is 13.1 Å². The summed E-state index contributed by atoms with van der Waals surface area (Å²) in [5.74, 6) is 0. The molecule has 112 valence electrons. The molecule has 0 aliphatic rings. The number of rotatable bonds is 4. The van der Waals surface area contributed by atoms with Gasteiger partial charge >= 0.3 is 0 Å². The van der Waals surface area contributed by atoms with Gasteiger partial charge < -0.3 is 0 Å². The highest BCUT2D eigenvalue weighted by Crippen LogP contribution is 2.22. The van der Waals surface area contributed by atoms with Gasteiger partial charge in [-0.05, 0) is 29.1 Å². The summed E-state index contributed by atoms with van der Waals surface area (Å²) in [6, 6.07) is 20.3. The van der Waals surface area contributed by atoms with E-state index in [4.69, 9.17) is 0 Å². The van der Waals surface area contributed by atoms with Gasteiger partial charge in [0.2, 0.25) is 10.0 Å². The third-order valence-corrected chi connectivity index (χ3v) is 5.41. The molecule has 0 aliphatic carbocycles. The van der Waals surface area contributed by atoms with Gasteiger partial charge in [0, 0.05) is 16.4 Å². The average Bonchev–Trinajstić information content (AvgIpc) is 2.54. The first-order valence-corrected chi connectivity index (χ1v) is 9.06. The van der Waals surface area contributed by atoms with Crippen molar-refractivity contribution in [2.45, 2.75) is 11.4 Å². The van der Waals surface area contributed by atoms with Crippen molar-refractivity contribution in [3.8, 4) is 0 Å². The maximum absolute atomic E-state index is 12.6. The summed E-state index contributed by atoms with van der Waals surface area (Å²) < 4.78 is 28.8. The minimum Gasteiger partial charge on any atom is -0.207 e. The molecule has 0 spiro atoms. The first-order chi connectivity index (χ1) is 10.6. The molecule has 0 heterocycles. The summed E-state index contributed by atoms with van der Waals surface area (Å²) in [5.41, 5.74) is 0.909. The second kappa shape index (κ2) is 6.20. The molecule has 3 nitrogen and oxygen atoms in total. The highest BCUT2D eigenvalue weighted by Gasteiger charge is 2.16. The van der Waals surface area contributed by atoms with Crippen LogP contribution in [0, 0.1) is 0 Å². The highest BCUT2D eigenvalue weighted by atomic mass is 79.9. The minimum atomic E-state index is -3.56. The molecule has 0 saturated heterocycles. The minimum absolute atomic E-state index is 0.263. The van der Waals surface area contributed by atoms with Gasteiger partial charge in [0.15, 0.2) is 0 Å².